The lowest BCUT2D eigenvalue weighted by molar-refractivity contribution is 1.13. The summed E-state index contributed by atoms with van der Waals surface area (Å²) in [5.74, 6) is 0.602. The Balaban J connectivity index is 1.98. The monoisotopic (exact) mass is 302 g/mol. The van der Waals surface area contributed by atoms with Crippen LogP contribution in [0.2, 0.25) is 0 Å². The van der Waals surface area contributed by atoms with Crippen molar-refractivity contribution in [1.29, 1.82) is 5.26 Å². The van der Waals surface area contributed by atoms with E-state index in [1.54, 1.807) is 0 Å². The van der Waals surface area contributed by atoms with Crippen LogP contribution in [0.3, 0.4) is 0 Å². The van der Waals surface area contributed by atoms with Gasteiger partial charge in [0.05, 0.1) is 16.6 Å². The van der Waals surface area contributed by atoms with E-state index in [1.807, 2.05) is 74.5 Å². The van der Waals surface area contributed by atoms with Gasteiger partial charge in [0, 0.05) is 19.8 Å². The van der Waals surface area contributed by atoms with E-state index >= 15 is 0 Å². The summed E-state index contributed by atoms with van der Waals surface area (Å²) in [6.45, 7) is 2.04. The summed E-state index contributed by atoms with van der Waals surface area (Å²) in [7, 11) is 4.00. The fourth-order valence-corrected chi connectivity index (χ4v) is 2.44. The molecule has 0 bridgehead atoms. The van der Waals surface area contributed by atoms with Gasteiger partial charge in [-0.05, 0) is 48.4 Å². The Kier molecular flexibility index (Phi) is 3.86. The molecule has 0 saturated heterocycles. The van der Waals surface area contributed by atoms with Gasteiger partial charge in [-0.25, -0.2) is 4.98 Å². The summed E-state index contributed by atoms with van der Waals surface area (Å²) in [6.07, 6.45) is 1.85. The van der Waals surface area contributed by atoms with Gasteiger partial charge in [-0.3, -0.25) is 0 Å². The minimum Gasteiger partial charge on any atom is -0.378 e. The number of aromatic amines is 1. The number of benzene rings is 2. The van der Waals surface area contributed by atoms with Gasteiger partial charge in [0.15, 0.2) is 0 Å². The van der Waals surface area contributed by atoms with E-state index in [2.05, 4.69) is 16.0 Å². The summed E-state index contributed by atoms with van der Waals surface area (Å²) in [4.78, 5) is 9.78. The van der Waals surface area contributed by atoms with Crippen LogP contribution in [-0.4, -0.2) is 24.1 Å². The Labute approximate surface area is 135 Å². The number of fused-ring (bicyclic) bond motifs is 1. The third-order valence-electron chi connectivity index (χ3n) is 3.73. The molecule has 0 aliphatic rings. The lowest BCUT2D eigenvalue weighted by Gasteiger charge is -2.11. The van der Waals surface area contributed by atoms with Crippen LogP contribution in [0, 0.1) is 18.3 Å². The van der Waals surface area contributed by atoms with Gasteiger partial charge in [0.25, 0.3) is 0 Å². The molecule has 2 aromatic carbocycles. The highest BCUT2D eigenvalue weighted by Crippen LogP contribution is 2.21. The maximum absolute atomic E-state index is 9.48. The number of hydrogen-bond donors (Lipinski definition) is 1. The highest BCUT2D eigenvalue weighted by molar-refractivity contribution is 5.90. The largest absolute Gasteiger partial charge is 0.378 e. The summed E-state index contributed by atoms with van der Waals surface area (Å²) in [5.41, 5.74) is 5.60. The average molecular weight is 302 g/mol. The third-order valence-corrected chi connectivity index (χ3v) is 3.73. The predicted molar refractivity (Wildman–Crippen MR) is 95.1 cm³/mol. The molecule has 1 N–H and O–H groups in total. The summed E-state index contributed by atoms with van der Waals surface area (Å²) < 4.78 is 0. The molecule has 0 spiro atoms. The minimum atomic E-state index is 0.524. The molecule has 3 rings (SSSR count). The zero-order chi connectivity index (χ0) is 16.4. The number of nitrogens with zero attached hydrogens (tertiary/aromatic N) is 3. The van der Waals surface area contributed by atoms with Gasteiger partial charge in [0.1, 0.15) is 11.9 Å². The first kappa shape index (κ1) is 14.9. The lowest BCUT2D eigenvalue weighted by Crippen LogP contribution is -2.07. The summed E-state index contributed by atoms with van der Waals surface area (Å²) in [5, 5.41) is 9.48. The van der Waals surface area contributed by atoms with Crippen LogP contribution in [-0.2, 0) is 0 Å². The number of H-pyrrole nitrogens is 1. The van der Waals surface area contributed by atoms with Crippen LogP contribution in [0.5, 0.6) is 0 Å². The average Bonchev–Trinajstić information content (AvgIpc) is 2.95. The van der Waals surface area contributed by atoms with Crippen molar-refractivity contribution in [3.63, 3.8) is 0 Å². The van der Waals surface area contributed by atoms with Crippen LogP contribution in [0.1, 0.15) is 17.0 Å². The molecular weight excluding hydrogens is 284 g/mol. The molecule has 23 heavy (non-hydrogen) atoms. The molecule has 0 amide bonds. The third kappa shape index (κ3) is 3.09. The maximum atomic E-state index is 9.48. The topological polar surface area (TPSA) is 55.7 Å². The van der Waals surface area contributed by atoms with Crippen molar-refractivity contribution < 1.29 is 0 Å². The van der Waals surface area contributed by atoms with E-state index in [0.29, 0.717) is 11.4 Å². The molecule has 4 nitrogen and oxygen atoms in total. The number of anilines is 1. The van der Waals surface area contributed by atoms with Crippen LogP contribution in [0.25, 0.3) is 22.7 Å². The minimum absolute atomic E-state index is 0.524. The van der Waals surface area contributed by atoms with Crippen molar-refractivity contribution in [3.8, 4) is 6.07 Å². The molecule has 1 aromatic heterocycles. The second-order valence-corrected chi connectivity index (χ2v) is 5.76. The first-order valence-corrected chi connectivity index (χ1v) is 7.43. The van der Waals surface area contributed by atoms with E-state index in [4.69, 9.17) is 0 Å². The van der Waals surface area contributed by atoms with Crippen LogP contribution in [0.4, 0.5) is 5.69 Å². The second-order valence-electron chi connectivity index (χ2n) is 5.76. The summed E-state index contributed by atoms with van der Waals surface area (Å²) in [6, 6.07) is 16.3. The van der Waals surface area contributed by atoms with Gasteiger partial charge in [-0.15, -0.1) is 0 Å². The molecule has 3 aromatic rings. The number of hydrogen-bond acceptors (Lipinski definition) is 3. The van der Waals surface area contributed by atoms with Crippen LogP contribution < -0.4 is 4.90 Å². The zero-order valence-corrected chi connectivity index (χ0v) is 13.5. The number of imidazole rings is 1. The number of nitrogens with one attached hydrogen (secondary N) is 1. The molecular formula is C19H18N4. The molecule has 0 radical (unpaired) electrons. The lowest BCUT2D eigenvalue weighted by atomic mass is 10.1. The molecule has 4 heteroatoms. The number of aryl methyl sites for hydroxylation is 1. The highest BCUT2D eigenvalue weighted by atomic mass is 15.1. The van der Waals surface area contributed by atoms with Crippen LogP contribution in [0.15, 0.2) is 42.5 Å². The molecule has 0 atom stereocenters. The molecule has 114 valence electrons. The standard InChI is InChI=1S/C19H18N4/c1-13-4-9-17-18(10-13)22-19(21-17)15(12-20)11-14-5-7-16(8-6-14)23(2)3/h4-11H,1-3H3,(H,21,22). The van der Waals surface area contributed by atoms with E-state index in [0.717, 1.165) is 27.8 Å². The zero-order valence-electron chi connectivity index (χ0n) is 13.5. The molecule has 0 unspecified atom stereocenters. The predicted octanol–water partition coefficient (Wildman–Crippen LogP) is 4.00. The van der Waals surface area contributed by atoms with Gasteiger partial charge in [-0.1, -0.05) is 18.2 Å². The molecule has 0 saturated carbocycles. The van der Waals surface area contributed by atoms with Crippen molar-refractivity contribution in [2.75, 3.05) is 19.0 Å². The van der Waals surface area contributed by atoms with Gasteiger partial charge in [0.2, 0.25) is 0 Å². The Hall–Kier alpha value is -3.06. The number of aromatic nitrogens is 2. The van der Waals surface area contributed by atoms with Gasteiger partial charge < -0.3 is 9.88 Å². The van der Waals surface area contributed by atoms with Crippen molar-refractivity contribution >= 4 is 28.4 Å². The fourth-order valence-electron chi connectivity index (χ4n) is 2.44. The SMILES string of the molecule is Cc1ccc2nc(C(C#N)=Cc3ccc(N(C)C)cc3)[nH]c2c1. The van der Waals surface area contributed by atoms with E-state index < -0.39 is 0 Å². The maximum Gasteiger partial charge on any atom is 0.149 e. The van der Waals surface area contributed by atoms with E-state index in [-0.39, 0.29) is 0 Å². The normalized spacial score (nSPS) is 11.5. The Morgan fingerprint density at radius 2 is 1.91 bits per heavy atom. The highest BCUT2D eigenvalue weighted by Gasteiger charge is 2.08. The Bertz CT molecular complexity index is 909. The van der Waals surface area contributed by atoms with Crippen LogP contribution >= 0.6 is 0 Å². The first-order chi connectivity index (χ1) is 11.1. The van der Waals surface area contributed by atoms with Crippen molar-refractivity contribution in [2.24, 2.45) is 0 Å². The van der Waals surface area contributed by atoms with E-state index in [9.17, 15) is 5.26 Å². The van der Waals surface area contributed by atoms with E-state index in [1.165, 1.54) is 0 Å². The first-order valence-electron chi connectivity index (χ1n) is 7.43. The molecule has 1 heterocycles. The van der Waals surface area contributed by atoms with Crippen molar-refractivity contribution in [3.05, 3.63) is 59.4 Å². The number of nitriles is 1. The van der Waals surface area contributed by atoms with Gasteiger partial charge in [-0.2, -0.15) is 5.26 Å². The van der Waals surface area contributed by atoms with Crippen molar-refractivity contribution in [2.45, 2.75) is 6.92 Å². The van der Waals surface area contributed by atoms with Crippen molar-refractivity contribution in [1.82, 2.24) is 9.97 Å². The second kappa shape index (κ2) is 5.98. The fraction of sp³-hybridized carbons (Fsp3) is 0.158. The molecule has 0 aliphatic carbocycles. The quantitative estimate of drug-likeness (QED) is 0.744. The van der Waals surface area contributed by atoms with Gasteiger partial charge >= 0.3 is 0 Å². The number of rotatable bonds is 3. The molecule has 0 fully saturated rings. The molecule has 0 aliphatic heterocycles. The number of allylic oxidation sites excluding steroid dienone is 1. The summed E-state index contributed by atoms with van der Waals surface area (Å²) >= 11 is 0. The Morgan fingerprint density at radius 1 is 1.17 bits per heavy atom. The Morgan fingerprint density at radius 3 is 2.57 bits per heavy atom. The smallest absolute Gasteiger partial charge is 0.149 e.